The van der Waals surface area contributed by atoms with Gasteiger partial charge in [0.15, 0.2) is 0 Å². The van der Waals surface area contributed by atoms with Crippen LogP contribution in [-0.4, -0.2) is 27.5 Å². The molecule has 6 heteroatoms. The van der Waals surface area contributed by atoms with Gasteiger partial charge >= 0.3 is 5.97 Å². The van der Waals surface area contributed by atoms with Crippen molar-refractivity contribution in [3.05, 3.63) is 29.8 Å². The second-order valence-corrected chi connectivity index (χ2v) is 4.61. The maximum Gasteiger partial charge on any atom is 0.307 e. The summed E-state index contributed by atoms with van der Waals surface area (Å²) in [5.74, 6) is -1.67. The minimum absolute atomic E-state index is 0.137. The van der Waals surface area contributed by atoms with Gasteiger partial charge < -0.3 is 5.11 Å². The van der Waals surface area contributed by atoms with E-state index < -0.39 is 28.9 Å². The lowest BCUT2D eigenvalue weighted by Gasteiger charge is -2.02. The number of hydrogen-bond acceptors (Lipinski definition) is 2. The molecule has 0 fully saturated rings. The molecule has 0 aliphatic rings. The third-order valence-corrected chi connectivity index (χ3v) is 3.17. The van der Waals surface area contributed by atoms with Crippen molar-refractivity contribution in [2.75, 3.05) is 5.75 Å². The minimum atomic E-state index is -2.61. The van der Waals surface area contributed by atoms with Crippen molar-refractivity contribution >= 4 is 16.8 Å². The van der Waals surface area contributed by atoms with E-state index in [1.807, 2.05) is 0 Å². The molecule has 1 N–H and O–H groups in total. The molecule has 1 unspecified atom stereocenters. The molecule has 0 saturated carbocycles. The molecular formula is C10H10F2O3S. The Morgan fingerprint density at radius 1 is 1.31 bits per heavy atom. The third kappa shape index (κ3) is 4.06. The van der Waals surface area contributed by atoms with E-state index in [0.717, 1.165) is 0 Å². The summed E-state index contributed by atoms with van der Waals surface area (Å²) in [6.07, 6.45) is -2.75. The average Bonchev–Trinajstić information content (AvgIpc) is 2.16. The molecule has 3 nitrogen and oxygen atoms in total. The molecule has 0 aromatic heterocycles. The van der Waals surface area contributed by atoms with Gasteiger partial charge in [0.25, 0.3) is 0 Å². The van der Waals surface area contributed by atoms with Crippen molar-refractivity contribution in [3.8, 4) is 0 Å². The van der Waals surface area contributed by atoms with Crippen LogP contribution in [-0.2, 0) is 22.0 Å². The lowest BCUT2D eigenvalue weighted by molar-refractivity contribution is -0.136. The van der Waals surface area contributed by atoms with Gasteiger partial charge in [0.2, 0.25) is 6.43 Å². The minimum Gasteiger partial charge on any atom is -0.481 e. The number of carbonyl (C=O) groups is 1. The number of halogens is 2. The van der Waals surface area contributed by atoms with Gasteiger partial charge in [0, 0.05) is 4.90 Å². The summed E-state index contributed by atoms with van der Waals surface area (Å²) in [5.41, 5.74) is 0.547. The highest BCUT2D eigenvalue weighted by Gasteiger charge is 2.11. The van der Waals surface area contributed by atoms with Crippen LogP contribution >= 0.6 is 0 Å². The highest BCUT2D eigenvalue weighted by molar-refractivity contribution is 7.85. The zero-order valence-corrected chi connectivity index (χ0v) is 9.05. The van der Waals surface area contributed by atoms with Gasteiger partial charge in [0.05, 0.1) is 23.0 Å². The summed E-state index contributed by atoms with van der Waals surface area (Å²) in [5, 5.41) is 8.51. The molecule has 0 aliphatic heterocycles. The Balaban J connectivity index is 2.71. The average molecular weight is 248 g/mol. The van der Waals surface area contributed by atoms with Crippen molar-refractivity contribution < 1.29 is 22.9 Å². The zero-order valence-electron chi connectivity index (χ0n) is 8.23. The summed E-state index contributed by atoms with van der Waals surface area (Å²) >= 11 is 0. The molecule has 0 saturated heterocycles. The standard InChI is InChI=1S/C10H10F2O3S/c11-9(12)6-16(15)8-3-1-7(2-4-8)5-10(13)14/h1-4,9H,5-6H2,(H,13,14). The molecule has 16 heavy (non-hydrogen) atoms. The molecule has 0 amide bonds. The van der Waals surface area contributed by atoms with Crippen LogP contribution in [0.25, 0.3) is 0 Å². The first-order valence-corrected chi connectivity index (χ1v) is 5.78. The summed E-state index contributed by atoms with van der Waals surface area (Å²) in [6.45, 7) is 0. The number of benzene rings is 1. The van der Waals surface area contributed by atoms with Gasteiger partial charge in [-0.3, -0.25) is 9.00 Å². The Morgan fingerprint density at radius 3 is 2.31 bits per heavy atom. The second-order valence-electron chi connectivity index (χ2n) is 3.12. The fraction of sp³-hybridized carbons (Fsp3) is 0.300. The SMILES string of the molecule is O=C(O)Cc1ccc(S(=O)CC(F)F)cc1. The molecule has 0 bridgehead atoms. The summed E-state index contributed by atoms with van der Waals surface area (Å²) in [6, 6.07) is 5.78. The maximum atomic E-state index is 12.0. The van der Waals surface area contributed by atoms with E-state index in [-0.39, 0.29) is 11.3 Å². The number of hydrogen-bond donors (Lipinski definition) is 1. The summed E-state index contributed by atoms with van der Waals surface area (Å²) in [7, 11) is -1.73. The van der Waals surface area contributed by atoms with Crippen LogP contribution in [0, 0.1) is 0 Å². The molecule has 1 aromatic carbocycles. The topological polar surface area (TPSA) is 54.4 Å². The molecule has 0 aliphatic carbocycles. The largest absolute Gasteiger partial charge is 0.481 e. The lowest BCUT2D eigenvalue weighted by atomic mass is 10.2. The van der Waals surface area contributed by atoms with E-state index in [4.69, 9.17) is 5.11 Å². The Labute approximate surface area is 93.6 Å². The number of alkyl halides is 2. The van der Waals surface area contributed by atoms with Crippen molar-refractivity contribution in [3.63, 3.8) is 0 Å². The Morgan fingerprint density at radius 2 is 1.88 bits per heavy atom. The van der Waals surface area contributed by atoms with E-state index >= 15 is 0 Å². The third-order valence-electron chi connectivity index (χ3n) is 1.82. The first-order valence-electron chi connectivity index (χ1n) is 4.46. The zero-order chi connectivity index (χ0) is 12.1. The monoisotopic (exact) mass is 248 g/mol. The number of carboxylic acids is 1. The molecule has 0 heterocycles. The Kier molecular flexibility index (Phi) is 4.54. The van der Waals surface area contributed by atoms with Gasteiger partial charge in [0.1, 0.15) is 0 Å². The fourth-order valence-corrected chi connectivity index (χ4v) is 2.01. The Bertz CT molecular complexity index is 390. The molecule has 0 radical (unpaired) electrons. The quantitative estimate of drug-likeness (QED) is 0.862. The first-order chi connectivity index (χ1) is 7.49. The normalized spacial score (nSPS) is 12.7. The molecule has 0 spiro atoms. The van der Waals surface area contributed by atoms with E-state index in [1.54, 1.807) is 0 Å². The summed E-state index contributed by atoms with van der Waals surface area (Å²) in [4.78, 5) is 10.7. The number of aliphatic carboxylic acids is 1. The lowest BCUT2D eigenvalue weighted by Crippen LogP contribution is -2.07. The molecule has 1 rings (SSSR count). The van der Waals surface area contributed by atoms with Gasteiger partial charge in [-0.25, -0.2) is 8.78 Å². The fourth-order valence-electron chi connectivity index (χ4n) is 1.14. The first kappa shape index (κ1) is 12.8. The predicted octanol–water partition coefficient (Wildman–Crippen LogP) is 1.69. The highest BCUT2D eigenvalue weighted by Crippen LogP contribution is 2.11. The molecular weight excluding hydrogens is 238 g/mol. The van der Waals surface area contributed by atoms with Gasteiger partial charge in [-0.15, -0.1) is 0 Å². The van der Waals surface area contributed by atoms with Crippen LogP contribution in [0.5, 0.6) is 0 Å². The van der Waals surface area contributed by atoms with E-state index in [1.165, 1.54) is 24.3 Å². The van der Waals surface area contributed by atoms with Crippen molar-refractivity contribution in [1.82, 2.24) is 0 Å². The van der Waals surface area contributed by atoms with Crippen molar-refractivity contribution in [2.45, 2.75) is 17.7 Å². The van der Waals surface area contributed by atoms with Crippen LogP contribution < -0.4 is 0 Å². The molecule has 1 atom stereocenters. The summed E-state index contributed by atoms with van der Waals surface area (Å²) < 4.78 is 35.2. The molecule has 1 aromatic rings. The van der Waals surface area contributed by atoms with E-state index in [0.29, 0.717) is 5.56 Å². The van der Waals surface area contributed by atoms with Gasteiger partial charge in [-0.05, 0) is 17.7 Å². The molecule has 88 valence electrons. The Hall–Kier alpha value is -1.30. The van der Waals surface area contributed by atoms with Crippen LogP contribution in [0.15, 0.2) is 29.2 Å². The predicted molar refractivity (Wildman–Crippen MR) is 55.1 cm³/mol. The van der Waals surface area contributed by atoms with Gasteiger partial charge in [-0.1, -0.05) is 12.1 Å². The van der Waals surface area contributed by atoms with E-state index in [2.05, 4.69) is 0 Å². The van der Waals surface area contributed by atoms with Crippen LogP contribution in [0.4, 0.5) is 8.78 Å². The van der Waals surface area contributed by atoms with E-state index in [9.17, 15) is 17.8 Å². The van der Waals surface area contributed by atoms with Crippen molar-refractivity contribution in [2.24, 2.45) is 0 Å². The van der Waals surface area contributed by atoms with Crippen LogP contribution in [0.1, 0.15) is 5.56 Å². The van der Waals surface area contributed by atoms with Crippen LogP contribution in [0.3, 0.4) is 0 Å². The van der Waals surface area contributed by atoms with Crippen molar-refractivity contribution in [1.29, 1.82) is 0 Å². The highest BCUT2D eigenvalue weighted by atomic mass is 32.2. The van der Waals surface area contributed by atoms with Gasteiger partial charge in [-0.2, -0.15) is 0 Å². The number of rotatable bonds is 5. The second kappa shape index (κ2) is 5.69. The number of carboxylic acid groups (broad SMARTS) is 1. The smallest absolute Gasteiger partial charge is 0.307 e. The van der Waals surface area contributed by atoms with Crippen LogP contribution in [0.2, 0.25) is 0 Å². The maximum absolute atomic E-state index is 12.0.